The maximum absolute atomic E-state index is 12.6. The van der Waals surface area contributed by atoms with Crippen molar-refractivity contribution in [2.45, 2.75) is 12.8 Å². The molecule has 0 bridgehead atoms. The molecule has 0 unspecified atom stereocenters. The molecule has 0 radical (unpaired) electrons. The summed E-state index contributed by atoms with van der Waals surface area (Å²) in [5.41, 5.74) is 1.30. The number of halogens is 1. The summed E-state index contributed by atoms with van der Waals surface area (Å²) >= 11 is 5.88. The zero-order chi connectivity index (χ0) is 19.5. The van der Waals surface area contributed by atoms with E-state index in [0.29, 0.717) is 66.9 Å². The minimum Gasteiger partial charge on any atom is -0.486 e. The van der Waals surface area contributed by atoms with E-state index in [1.165, 1.54) is 0 Å². The van der Waals surface area contributed by atoms with Crippen LogP contribution in [0.25, 0.3) is 0 Å². The molecule has 2 aromatic rings. The lowest BCUT2D eigenvalue weighted by molar-refractivity contribution is -0.121. The summed E-state index contributed by atoms with van der Waals surface area (Å²) in [4.78, 5) is 27.0. The molecule has 0 spiro atoms. The largest absolute Gasteiger partial charge is 0.486 e. The van der Waals surface area contributed by atoms with Crippen molar-refractivity contribution in [1.82, 2.24) is 4.90 Å². The van der Waals surface area contributed by atoms with Crippen LogP contribution in [0.15, 0.2) is 42.5 Å². The van der Waals surface area contributed by atoms with Gasteiger partial charge in [0.2, 0.25) is 5.91 Å². The molecule has 7 heteroatoms. The lowest BCUT2D eigenvalue weighted by atomic mass is 9.95. The van der Waals surface area contributed by atoms with Crippen LogP contribution in [0.3, 0.4) is 0 Å². The van der Waals surface area contributed by atoms with Gasteiger partial charge in [-0.2, -0.15) is 0 Å². The van der Waals surface area contributed by atoms with Gasteiger partial charge in [0.15, 0.2) is 11.5 Å². The van der Waals surface area contributed by atoms with Gasteiger partial charge in [-0.3, -0.25) is 9.59 Å². The number of carbonyl (C=O) groups excluding carboxylic acids is 2. The number of fused-ring (bicyclic) bond motifs is 1. The van der Waals surface area contributed by atoms with Crippen molar-refractivity contribution in [3.8, 4) is 11.5 Å². The van der Waals surface area contributed by atoms with Crippen LogP contribution in [-0.4, -0.2) is 43.0 Å². The van der Waals surface area contributed by atoms with Crippen molar-refractivity contribution < 1.29 is 19.1 Å². The zero-order valence-corrected chi connectivity index (χ0v) is 16.1. The molecule has 0 saturated carbocycles. The van der Waals surface area contributed by atoms with E-state index in [0.717, 1.165) is 0 Å². The van der Waals surface area contributed by atoms with Crippen molar-refractivity contribution in [2.24, 2.45) is 5.92 Å². The molecule has 0 aliphatic carbocycles. The Balaban J connectivity index is 1.32. The first-order chi connectivity index (χ1) is 13.6. The van der Waals surface area contributed by atoms with Gasteiger partial charge in [0.25, 0.3) is 5.91 Å². The maximum Gasteiger partial charge on any atom is 0.253 e. The molecule has 1 N–H and O–H groups in total. The number of nitrogens with zero attached hydrogens (tertiary/aromatic N) is 1. The van der Waals surface area contributed by atoms with Crippen molar-refractivity contribution in [1.29, 1.82) is 0 Å². The minimum atomic E-state index is -0.123. The van der Waals surface area contributed by atoms with Gasteiger partial charge in [-0.25, -0.2) is 0 Å². The van der Waals surface area contributed by atoms with Gasteiger partial charge in [-0.05, 0) is 49.2 Å². The normalized spacial score (nSPS) is 16.5. The van der Waals surface area contributed by atoms with E-state index in [1.54, 1.807) is 41.3 Å². The number of hydrogen-bond donors (Lipinski definition) is 1. The Morgan fingerprint density at radius 3 is 2.36 bits per heavy atom. The monoisotopic (exact) mass is 400 g/mol. The second kappa shape index (κ2) is 8.10. The average molecular weight is 401 g/mol. The maximum atomic E-state index is 12.6. The number of piperidine rings is 1. The van der Waals surface area contributed by atoms with Crippen molar-refractivity contribution in [3.63, 3.8) is 0 Å². The Morgan fingerprint density at radius 2 is 1.64 bits per heavy atom. The summed E-state index contributed by atoms with van der Waals surface area (Å²) in [7, 11) is 0. The van der Waals surface area contributed by atoms with Crippen LogP contribution < -0.4 is 14.8 Å². The van der Waals surface area contributed by atoms with Gasteiger partial charge in [0.05, 0.1) is 0 Å². The van der Waals surface area contributed by atoms with Crippen LogP contribution in [0.5, 0.6) is 11.5 Å². The number of nitrogens with one attached hydrogen (secondary N) is 1. The third-order valence-corrected chi connectivity index (χ3v) is 5.31. The van der Waals surface area contributed by atoms with Gasteiger partial charge in [0, 0.05) is 41.3 Å². The molecule has 0 atom stereocenters. The van der Waals surface area contributed by atoms with Crippen LogP contribution in [0, 0.1) is 5.92 Å². The zero-order valence-electron chi connectivity index (χ0n) is 15.3. The minimum absolute atomic E-state index is 0.0256. The van der Waals surface area contributed by atoms with Crippen LogP contribution in [-0.2, 0) is 4.79 Å². The van der Waals surface area contributed by atoms with Crippen molar-refractivity contribution >= 4 is 29.1 Å². The third kappa shape index (κ3) is 4.07. The van der Waals surface area contributed by atoms with Gasteiger partial charge in [-0.1, -0.05) is 11.6 Å². The first kappa shape index (κ1) is 18.6. The molecular formula is C21H21ClN2O4. The van der Waals surface area contributed by atoms with Gasteiger partial charge < -0.3 is 19.7 Å². The molecule has 28 heavy (non-hydrogen) atoms. The summed E-state index contributed by atoms with van der Waals surface area (Å²) in [6.07, 6.45) is 1.27. The number of ether oxygens (including phenoxy) is 2. The van der Waals surface area contributed by atoms with Gasteiger partial charge in [-0.15, -0.1) is 0 Å². The molecule has 146 valence electrons. The van der Waals surface area contributed by atoms with Gasteiger partial charge in [0.1, 0.15) is 13.2 Å². The fourth-order valence-electron chi connectivity index (χ4n) is 3.49. The van der Waals surface area contributed by atoms with Crippen molar-refractivity contribution in [2.75, 3.05) is 31.6 Å². The Labute approximate surface area is 168 Å². The lowest BCUT2D eigenvalue weighted by Crippen LogP contribution is -2.41. The molecule has 2 aromatic carbocycles. The highest BCUT2D eigenvalue weighted by molar-refractivity contribution is 6.30. The first-order valence-corrected chi connectivity index (χ1v) is 9.73. The molecule has 2 heterocycles. The van der Waals surface area contributed by atoms with E-state index < -0.39 is 0 Å². The number of rotatable bonds is 3. The molecular weight excluding hydrogens is 380 g/mol. The fourth-order valence-corrected chi connectivity index (χ4v) is 3.61. The second-order valence-corrected chi connectivity index (χ2v) is 7.36. The molecule has 6 nitrogen and oxygen atoms in total. The molecule has 2 aliphatic rings. The number of hydrogen-bond acceptors (Lipinski definition) is 4. The number of carbonyl (C=O) groups is 2. The smallest absolute Gasteiger partial charge is 0.253 e. The quantitative estimate of drug-likeness (QED) is 0.854. The highest BCUT2D eigenvalue weighted by Crippen LogP contribution is 2.33. The lowest BCUT2D eigenvalue weighted by Gasteiger charge is -2.31. The summed E-state index contributed by atoms with van der Waals surface area (Å²) in [5, 5.41) is 3.55. The van der Waals surface area contributed by atoms with E-state index in [9.17, 15) is 9.59 Å². The average Bonchev–Trinajstić information content (AvgIpc) is 2.74. The molecule has 1 saturated heterocycles. The number of anilines is 1. The Bertz CT molecular complexity index is 876. The van der Waals surface area contributed by atoms with Crippen LogP contribution >= 0.6 is 11.6 Å². The summed E-state index contributed by atoms with van der Waals surface area (Å²) in [6.45, 7) is 2.15. The Kier molecular flexibility index (Phi) is 5.39. The molecule has 2 amide bonds. The Hall–Kier alpha value is -2.73. The summed E-state index contributed by atoms with van der Waals surface area (Å²) in [5.74, 6) is 1.16. The van der Waals surface area contributed by atoms with Crippen LogP contribution in [0.1, 0.15) is 23.2 Å². The molecule has 4 rings (SSSR count). The van der Waals surface area contributed by atoms with E-state index >= 15 is 0 Å². The summed E-state index contributed by atoms with van der Waals surface area (Å²) < 4.78 is 11.0. The van der Waals surface area contributed by atoms with Gasteiger partial charge >= 0.3 is 0 Å². The van der Waals surface area contributed by atoms with E-state index in [1.807, 2.05) is 6.07 Å². The molecule has 2 aliphatic heterocycles. The highest BCUT2D eigenvalue weighted by Gasteiger charge is 2.28. The molecule has 0 aromatic heterocycles. The number of likely N-dealkylation sites (tertiary alicyclic amines) is 1. The van der Waals surface area contributed by atoms with Crippen molar-refractivity contribution in [3.05, 3.63) is 53.1 Å². The third-order valence-electron chi connectivity index (χ3n) is 5.05. The predicted octanol–water partition coefficient (Wildman–Crippen LogP) is 3.60. The standard InChI is InChI=1S/C21H21ClN2O4/c22-16-3-1-15(2-4-16)21(26)24-9-7-14(8-10-24)20(25)23-17-5-6-18-19(13-17)28-12-11-27-18/h1-6,13-14H,7-12H2,(H,23,25). The molecule has 1 fully saturated rings. The van der Waals surface area contributed by atoms with Crippen LogP contribution in [0.2, 0.25) is 5.02 Å². The van der Waals surface area contributed by atoms with E-state index in [4.69, 9.17) is 21.1 Å². The number of benzene rings is 2. The highest BCUT2D eigenvalue weighted by atomic mass is 35.5. The predicted molar refractivity (Wildman–Crippen MR) is 106 cm³/mol. The van der Waals surface area contributed by atoms with E-state index in [2.05, 4.69) is 5.32 Å². The second-order valence-electron chi connectivity index (χ2n) is 6.92. The first-order valence-electron chi connectivity index (χ1n) is 9.35. The topological polar surface area (TPSA) is 67.9 Å². The fraction of sp³-hybridized carbons (Fsp3) is 0.333. The van der Waals surface area contributed by atoms with E-state index in [-0.39, 0.29) is 17.7 Å². The SMILES string of the molecule is O=C(Nc1ccc2c(c1)OCCO2)C1CCN(C(=O)c2ccc(Cl)cc2)CC1. The van der Waals surface area contributed by atoms with Crippen LogP contribution in [0.4, 0.5) is 5.69 Å². The number of amides is 2. The Morgan fingerprint density at radius 1 is 0.964 bits per heavy atom. The summed E-state index contributed by atoms with van der Waals surface area (Å²) in [6, 6.07) is 12.3.